The standard InChI is InChI=1S/C13H17NO3/c15-12(3-4-13-2-1-9-17-13)5-6-14-7-10-16-11-8-14/h1-4,9H,5-8,10-11H2/b4-3+. The van der Waals surface area contributed by atoms with Gasteiger partial charge in [0.25, 0.3) is 0 Å². The minimum atomic E-state index is 0.132. The highest BCUT2D eigenvalue weighted by Gasteiger charge is 2.10. The zero-order chi connectivity index (χ0) is 11.9. The van der Waals surface area contributed by atoms with Crippen LogP contribution in [0.1, 0.15) is 12.2 Å². The minimum Gasteiger partial charge on any atom is -0.465 e. The van der Waals surface area contributed by atoms with Gasteiger partial charge in [0, 0.05) is 26.1 Å². The van der Waals surface area contributed by atoms with Crippen molar-refractivity contribution in [2.45, 2.75) is 6.42 Å². The number of carbonyl (C=O) groups is 1. The molecule has 0 radical (unpaired) electrons. The van der Waals surface area contributed by atoms with Crippen LogP contribution in [-0.4, -0.2) is 43.5 Å². The minimum absolute atomic E-state index is 0.132. The number of carbonyl (C=O) groups excluding carboxylic acids is 1. The Hall–Kier alpha value is -1.39. The molecule has 0 bridgehead atoms. The molecule has 92 valence electrons. The summed E-state index contributed by atoms with van der Waals surface area (Å²) in [5, 5.41) is 0. The number of furan rings is 1. The Morgan fingerprint density at radius 1 is 1.41 bits per heavy atom. The van der Waals surface area contributed by atoms with Crippen molar-refractivity contribution in [2.24, 2.45) is 0 Å². The van der Waals surface area contributed by atoms with E-state index in [9.17, 15) is 4.79 Å². The molecule has 2 heterocycles. The van der Waals surface area contributed by atoms with Gasteiger partial charge in [-0.15, -0.1) is 0 Å². The van der Waals surface area contributed by atoms with Crippen molar-refractivity contribution in [3.05, 3.63) is 30.2 Å². The van der Waals surface area contributed by atoms with Gasteiger partial charge in [-0.1, -0.05) is 0 Å². The summed E-state index contributed by atoms with van der Waals surface area (Å²) in [6.45, 7) is 4.21. The predicted molar refractivity (Wildman–Crippen MR) is 64.6 cm³/mol. The van der Waals surface area contributed by atoms with Gasteiger partial charge in [0.2, 0.25) is 0 Å². The second-order valence-electron chi connectivity index (χ2n) is 4.02. The Balaban J connectivity index is 1.70. The number of ether oxygens (including phenoxy) is 1. The lowest BCUT2D eigenvalue weighted by Gasteiger charge is -2.25. The van der Waals surface area contributed by atoms with Crippen LogP contribution in [-0.2, 0) is 9.53 Å². The van der Waals surface area contributed by atoms with Crippen LogP contribution in [0.5, 0.6) is 0 Å². The topological polar surface area (TPSA) is 42.7 Å². The Bertz CT molecular complexity index is 364. The molecule has 0 aromatic carbocycles. The van der Waals surface area contributed by atoms with Crippen molar-refractivity contribution >= 4 is 11.9 Å². The van der Waals surface area contributed by atoms with Crippen molar-refractivity contribution in [1.29, 1.82) is 0 Å². The molecule has 1 aliphatic heterocycles. The molecule has 1 saturated heterocycles. The monoisotopic (exact) mass is 235 g/mol. The van der Waals surface area contributed by atoms with Crippen LogP contribution in [0.3, 0.4) is 0 Å². The van der Waals surface area contributed by atoms with E-state index < -0.39 is 0 Å². The number of hydrogen-bond donors (Lipinski definition) is 0. The first kappa shape index (κ1) is 12.1. The highest BCUT2D eigenvalue weighted by molar-refractivity contribution is 5.93. The lowest BCUT2D eigenvalue weighted by molar-refractivity contribution is -0.115. The summed E-state index contributed by atoms with van der Waals surface area (Å²) in [6.07, 6.45) is 5.44. The summed E-state index contributed by atoms with van der Waals surface area (Å²) in [4.78, 5) is 13.8. The van der Waals surface area contributed by atoms with E-state index >= 15 is 0 Å². The molecule has 17 heavy (non-hydrogen) atoms. The zero-order valence-corrected chi connectivity index (χ0v) is 9.80. The van der Waals surface area contributed by atoms with Gasteiger partial charge in [-0.25, -0.2) is 0 Å². The van der Waals surface area contributed by atoms with Gasteiger partial charge in [0.05, 0.1) is 19.5 Å². The number of nitrogens with zero attached hydrogens (tertiary/aromatic N) is 1. The van der Waals surface area contributed by atoms with Crippen LogP contribution >= 0.6 is 0 Å². The number of morpholine rings is 1. The van der Waals surface area contributed by atoms with Crippen LogP contribution in [0.2, 0.25) is 0 Å². The van der Waals surface area contributed by atoms with E-state index in [2.05, 4.69) is 4.90 Å². The molecule has 0 spiro atoms. The van der Waals surface area contributed by atoms with Gasteiger partial charge in [0.1, 0.15) is 5.76 Å². The summed E-state index contributed by atoms with van der Waals surface area (Å²) in [5.41, 5.74) is 0. The van der Waals surface area contributed by atoms with Crippen molar-refractivity contribution in [3.63, 3.8) is 0 Å². The van der Waals surface area contributed by atoms with Crippen LogP contribution in [0.25, 0.3) is 6.08 Å². The second-order valence-corrected chi connectivity index (χ2v) is 4.02. The maximum atomic E-state index is 11.6. The Labute approximate surface area is 101 Å². The number of allylic oxidation sites excluding steroid dienone is 1. The van der Waals surface area contributed by atoms with E-state index in [-0.39, 0.29) is 5.78 Å². The van der Waals surface area contributed by atoms with Crippen molar-refractivity contribution in [2.75, 3.05) is 32.8 Å². The Kier molecular flexibility index (Phi) is 4.53. The predicted octanol–water partition coefficient (Wildman–Crippen LogP) is 1.58. The van der Waals surface area contributed by atoms with Crippen LogP contribution in [0, 0.1) is 0 Å². The molecule has 0 saturated carbocycles. The fraction of sp³-hybridized carbons (Fsp3) is 0.462. The molecule has 0 N–H and O–H groups in total. The largest absolute Gasteiger partial charge is 0.465 e. The molecule has 4 nitrogen and oxygen atoms in total. The summed E-state index contributed by atoms with van der Waals surface area (Å²) < 4.78 is 10.4. The van der Waals surface area contributed by atoms with Gasteiger partial charge in [-0.3, -0.25) is 9.69 Å². The average molecular weight is 235 g/mol. The molecular weight excluding hydrogens is 218 g/mol. The maximum Gasteiger partial charge on any atom is 0.157 e. The highest BCUT2D eigenvalue weighted by atomic mass is 16.5. The summed E-state index contributed by atoms with van der Waals surface area (Å²) in [6, 6.07) is 3.63. The fourth-order valence-electron chi connectivity index (χ4n) is 1.74. The van der Waals surface area contributed by atoms with Gasteiger partial charge >= 0.3 is 0 Å². The zero-order valence-electron chi connectivity index (χ0n) is 9.80. The smallest absolute Gasteiger partial charge is 0.157 e. The highest BCUT2D eigenvalue weighted by Crippen LogP contribution is 2.04. The third-order valence-electron chi connectivity index (χ3n) is 2.75. The molecule has 0 unspecified atom stereocenters. The fourth-order valence-corrected chi connectivity index (χ4v) is 1.74. The maximum absolute atomic E-state index is 11.6. The average Bonchev–Trinajstić information content (AvgIpc) is 2.88. The lowest BCUT2D eigenvalue weighted by atomic mass is 10.2. The van der Waals surface area contributed by atoms with Crippen LogP contribution in [0.15, 0.2) is 28.9 Å². The van der Waals surface area contributed by atoms with Gasteiger partial charge in [0.15, 0.2) is 5.78 Å². The number of ketones is 1. The number of rotatable bonds is 5. The molecule has 0 atom stereocenters. The first-order valence-electron chi connectivity index (χ1n) is 5.89. The normalized spacial score (nSPS) is 17.6. The van der Waals surface area contributed by atoms with E-state index in [1.807, 2.05) is 6.07 Å². The van der Waals surface area contributed by atoms with Gasteiger partial charge in [-0.2, -0.15) is 0 Å². The first-order chi connectivity index (χ1) is 8.34. The quantitative estimate of drug-likeness (QED) is 0.727. The van der Waals surface area contributed by atoms with E-state index in [1.54, 1.807) is 24.5 Å². The molecular formula is C13H17NO3. The molecule has 0 amide bonds. The third-order valence-corrected chi connectivity index (χ3v) is 2.75. The summed E-state index contributed by atoms with van der Waals surface area (Å²) >= 11 is 0. The van der Waals surface area contributed by atoms with Crippen molar-refractivity contribution in [3.8, 4) is 0 Å². The second kappa shape index (κ2) is 6.37. The molecule has 2 rings (SSSR count). The summed E-state index contributed by atoms with van der Waals surface area (Å²) in [5.74, 6) is 0.845. The SMILES string of the molecule is O=C(/C=C/c1ccco1)CCN1CCOCC1. The van der Waals surface area contributed by atoms with E-state index in [4.69, 9.17) is 9.15 Å². The lowest BCUT2D eigenvalue weighted by Crippen LogP contribution is -2.37. The molecule has 0 aliphatic carbocycles. The van der Waals surface area contributed by atoms with Gasteiger partial charge < -0.3 is 9.15 Å². The third kappa shape index (κ3) is 4.17. The van der Waals surface area contributed by atoms with E-state index in [0.29, 0.717) is 12.2 Å². The Morgan fingerprint density at radius 3 is 2.94 bits per heavy atom. The molecule has 1 aromatic rings. The molecule has 1 aliphatic rings. The van der Waals surface area contributed by atoms with Crippen LogP contribution < -0.4 is 0 Å². The molecule has 1 fully saturated rings. The molecule has 4 heteroatoms. The Morgan fingerprint density at radius 2 is 2.24 bits per heavy atom. The molecule has 1 aromatic heterocycles. The van der Waals surface area contributed by atoms with E-state index in [1.165, 1.54) is 0 Å². The van der Waals surface area contributed by atoms with Crippen molar-refractivity contribution in [1.82, 2.24) is 4.90 Å². The van der Waals surface area contributed by atoms with Crippen LogP contribution in [0.4, 0.5) is 0 Å². The van der Waals surface area contributed by atoms with Crippen molar-refractivity contribution < 1.29 is 13.9 Å². The number of hydrogen-bond acceptors (Lipinski definition) is 4. The summed E-state index contributed by atoms with van der Waals surface area (Å²) in [7, 11) is 0. The first-order valence-corrected chi connectivity index (χ1v) is 5.89. The van der Waals surface area contributed by atoms with Gasteiger partial charge in [-0.05, 0) is 24.3 Å². The van der Waals surface area contributed by atoms with E-state index in [0.717, 1.165) is 32.8 Å².